The molecule has 0 bridgehead atoms. The first-order valence-corrected chi connectivity index (χ1v) is 5.22. The van der Waals surface area contributed by atoms with Crippen molar-refractivity contribution in [2.24, 2.45) is 0 Å². The molecule has 88 valence electrons. The standard InChI is InChI=1S/C12H12N2O3/c15-14(16)11-5-3-10(4-6-11)8-13-9-12-2-1-7-17-12/h1-7,13H,8-9H2. The number of rotatable bonds is 5. The van der Waals surface area contributed by atoms with Gasteiger partial charge in [-0.05, 0) is 17.7 Å². The molecular weight excluding hydrogens is 220 g/mol. The summed E-state index contributed by atoms with van der Waals surface area (Å²) in [5.74, 6) is 0.868. The van der Waals surface area contributed by atoms with E-state index in [4.69, 9.17) is 4.42 Å². The summed E-state index contributed by atoms with van der Waals surface area (Å²) in [6.45, 7) is 1.29. The molecule has 1 N–H and O–H groups in total. The Bertz CT molecular complexity index is 477. The zero-order valence-corrected chi connectivity index (χ0v) is 9.13. The van der Waals surface area contributed by atoms with Crippen LogP contribution < -0.4 is 5.32 Å². The summed E-state index contributed by atoms with van der Waals surface area (Å²) < 4.78 is 5.17. The molecule has 1 aromatic heterocycles. The first kappa shape index (κ1) is 11.3. The van der Waals surface area contributed by atoms with Crippen LogP contribution in [0.2, 0.25) is 0 Å². The van der Waals surface area contributed by atoms with Gasteiger partial charge in [-0.15, -0.1) is 0 Å². The van der Waals surface area contributed by atoms with E-state index in [0.717, 1.165) is 11.3 Å². The molecule has 5 heteroatoms. The SMILES string of the molecule is O=[N+]([O-])c1ccc(CNCc2ccco2)cc1. The van der Waals surface area contributed by atoms with Crippen LogP contribution in [-0.2, 0) is 13.1 Å². The zero-order valence-electron chi connectivity index (χ0n) is 9.13. The monoisotopic (exact) mass is 232 g/mol. The third-order valence-corrected chi connectivity index (χ3v) is 2.36. The summed E-state index contributed by atoms with van der Waals surface area (Å²) in [4.78, 5) is 10.1. The highest BCUT2D eigenvalue weighted by atomic mass is 16.6. The first-order chi connectivity index (χ1) is 8.25. The first-order valence-electron chi connectivity index (χ1n) is 5.22. The van der Waals surface area contributed by atoms with Crippen molar-refractivity contribution in [3.63, 3.8) is 0 Å². The maximum absolute atomic E-state index is 10.5. The predicted octanol–water partition coefficient (Wildman–Crippen LogP) is 2.48. The van der Waals surface area contributed by atoms with Crippen molar-refractivity contribution in [1.29, 1.82) is 0 Å². The van der Waals surface area contributed by atoms with E-state index in [1.54, 1.807) is 18.4 Å². The molecular formula is C12H12N2O3. The van der Waals surface area contributed by atoms with Crippen molar-refractivity contribution in [2.75, 3.05) is 0 Å². The van der Waals surface area contributed by atoms with Crippen LogP contribution in [0.5, 0.6) is 0 Å². The van der Waals surface area contributed by atoms with Gasteiger partial charge in [0.15, 0.2) is 0 Å². The van der Waals surface area contributed by atoms with Crippen LogP contribution in [0.3, 0.4) is 0 Å². The zero-order chi connectivity index (χ0) is 12.1. The molecule has 0 atom stereocenters. The van der Waals surface area contributed by atoms with Crippen molar-refractivity contribution in [3.8, 4) is 0 Å². The topological polar surface area (TPSA) is 68.3 Å². The molecule has 2 aromatic rings. The van der Waals surface area contributed by atoms with Crippen LogP contribution in [0.1, 0.15) is 11.3 Å². The van der Waals surface area contributed by atoms with E-state index < -0.39 is 4.92 Å². The van der Waals surface area contributed by atoms with Gasteiger partial charge in [0.25, 0.3) is 5.69 Å². The lowest BCUT2D eigenvalue weighted by Crippen LogP contribution is -2.11. The van der Waals surface area contributed by atoms with E-state index >= 15 is 0 Å². The molecule has 1 aromatic carbocycles. The highest BCUT2D eigenvalue weighted by molar-refractivity contribution is 5.32. The smallest absolute Gasteiger partial charge is 0.269 e. The lowest BCUT2D eigenvalue weighted by atomic mass is 10.2. The van der Waals surface area contributed by atoms with Crippen molar-refractivity contribution < 1.29 is 9.34 Å². The normalized spacial score (nSPS) is 10.4. The van der Waals surface area contributed by atoms with Crippen LogP contribution >= 0.6 is 0 Å². The van der Waals surface area contributed by atoms with Gasteiger partial charge in [0.05, 0.1) is 17.7 Å². The molecule has 0 aliphatic heterocycles. The van der Waals surface area contributed by atoms with Gasteiger partial charge in [-0.25, -0.2) is 0 Å². The maximum atomic E-state index is 10.5. The second-order valence-corrected chi connectivity index (χ2v) is 3.61. The molecule has 0 saturated heterocycles. The second-order valence-electron chi connectivity index (χ2n) is 3.61. The largest absolute Gasteiger partial charge is 0.468 e. The van der Waals surface area contributed by atoms with Gasteiger partial charge in [-0.2, -0.15) is 0 Å². The summed E-state index contributed by atoms with van der Waals surface area (Å²) in [6.07, 6.45) is 1.63. The molecule has 5 nitrogen and oxygen atoms in total. The number of hydrogen-bond acceptors (Lipinski definition) is 4. The molecule has 1 heterocycles. The van der Waals surface area contributed by atoms with E-state index in [2.05, 4.69) is 5.32 Å². The quantitative estimate of drug-likeness (QED) is 0.635. The number of non-ortho nitro benzene ring substituents is 1. The number of furan rings is 1. The fourth-order valence-corrected chi connectivity index (χ4v) is 1.48. The maximum Gasteiger partial charge on any atom is 0.269 e. The molecule has 0 fully saturated rings. The van der Waals surface area contributed by atoms with Gasteiger partial charge in [0, 0.05) is 18.7 Å². The van der Waals surface area contributed by atoms with Gasteiger partial charge >= 0.3 is 0 Å². The predicted molar refractivity (Wildman–Crippen MR) is 62.3 cm³/mol. The molecule has 2 rings (SSSR count). The van der Waals surface area contributed by atoms with E-state index in [0.29, 0.717) is 13.1 Å². The minimum atomic E-state index is -0.403. The van der Waals surface area contributed by atoms with Crippen molar-refractivity contribution >= 4 is 5.69 Å². The van der Waals surface area contributed by atoms with Gasteiger partial charge in [0.1, 0.15) is 5.76 Å². The summed E-state index contributed by atoms with van der Waals surface area (Å²) in [6, 6.07) is 10.2. The number of benzene rings is 1. The Labute approximate surface area is 98.2 Å². The summed E-state index contributed by atoms with van der Waals surface area (Å²) in [5.41, 5.74) is 1.11. The van der Waals surface area contributed by atoms with Crippen LogP contribution in [-0.4, -0.2) is 4.92 Å². The highest BCUT2D eigenvalue weighted by Gasteiger charge is 2.03. The molecule has 0 amide bonds. The Balaban J connectivity index is 1.85. The Morgan fingerprint density at radius 2 is 1.94 bits per heavy atom. The average molecular weight is 232 g/mol. The molecule has 0 aliphatic rings. The number of nitrogens with zero attached hydrogens (tertiary/aromatic N) is 1. The van der Waals surface area contributed by atoms with Gasteiger partial charge in [-0.1, -0.05) is 12.1 Å². The molecule has 0 aliphatic carbocycles. The number of nitrogens with one attached hydrogen (secondary N) is 1. The average Bonchev–Trinajstić information content (AvgIpc) is 2.83. The summed E-state index contributed by atoms with van der Waals surface area (Å²) in [5, 5.41) is 13.6. The summed E-state index contributed by atoms with van der Waals surface area (Å²) in [7, 11) is 0. The number of nitro benzene ring substituents is 1. The molecule has 17 heavy (non-hydrogen) atoms. The van der Waals surface area contributed by atoms with E-state index in [9.17, 15) is 10.1 Å². The van der Waals surface area contributed by atoms with Crippen LogP contribution in [0.25, 0.3) is 0 Å². The van der Waals surface area contributed by atoms with Gasteiger partial charge in [0.2, 0.25) is 0 Å². The molecule has 0 spiro atoms. The van der Waals surface area contributed by atoms with E-state index in [1.165, 1.54) is 12.1 Å². The lowest BCUT2D eigenvalue weighted by molar-refractivity contribution is -0.384. The Kier molecular flexibility index (Phi) is 3.52. The fourth-order valence-electron chi connectivity index (χ4n) is 1.48. The van der Waals surface area contributed by atoms with Crippen molar-refractivity contribution in [1.82, 2.24) is 5.32 Å². The lowest BCUT2D eigenvalue weighted by Gasteiger charge is -2.02. The number of hydrogen-bond donors (Lipinski definition) is 1. The van der Waals surface area contributed by atoms with Gasteiger partial charge < -0.3 is 9.73 Å². The Morgan fingerprint density at radius 3 is 2.53 bits per heavy atom. The summed E-state index contributed by atoms with van der Waals surface area (Å²) >= 11 is 0. The highest BCUT2D eigenvalue weighted by Crippen LogP contribution is 2.11. The van der Waals surface area contributed by atoms with Crippen LogP contribution in [0, 0.1) is 10.1 Å². The fraction of sp³-hybridized carbons (Fsp3) is 0.167. The third-order valence-electron chi connectivity index (χ3n) is 2.36. The Hall–Kier alpha value is -2.14. The second kappa shape index (κ2) is 5.27. The van der Waals surface area contributed by atoms with E-state index in [1.807, 2.05) is 12.1 Å². The van der Waals surface area contributed by atoms with Crippen LogP contribution in [0.4, 0.5) is 5.69 Å². The molecule has 0 saturated carbocycles. The van der Waals surface area contributed by atoms with Crippen molar-refractivity contribution in [3.05, 3.63) is 64.1 Å². The Morgan fingerprint density at radius 1 is 1.18 bits per heavy atom. The molecule has 0 unspecified atom stereocenters. The van der Waals surface area contributed by atoms with E-state index in [-0.39, 0.29) is 5.69 Å². The number of nitro groups is 1. The minimum absolute atomic E-state index is 0.111. The third kappa shape index (κ3) is 3.15. The van der Waals surface area contributed by atoms with Crippen molar-refractivity contribution in [2.45, 2.75) is 13.1 Å². The molecule has 0 radical (unpaired) electrons. The van der Waals surface area contributed by atoms with Gasteiger partial charge in [-0.3, -0.25) is 10.1 Å². The van der Waals surface area contributed by atoms with Crippen LogP contribution in [0.15, 0.2) is 47.1 Å². The minimum Gasteiger partial charge on any atom is -0.468 e.